The Morgan fingerprint density at radius 1 is 1.56 bits per heavy atom. The maximum atomic E-state index is 12.9. The van der Waals surface area contributed by atoms with Crippen LogP contribution >= 0.6 is 11.6 Å². The van der Waals surface area contributed by atoms with Gasteiger partial charge < -0.3 is 4.90 Å². The molecule has 1 atom stereocenters. The van der Waals surface area contributed by atoms with Gasteiger partial charge in [0.15, 0.2) is 0 Å². The number of carbonyl (C=O) groups excluding carboxylic acids is 1. The first-order valence-corrected chi connectivity index (χ1v) is 6.97. The summed E-state index contributed by atoms with van der Waals surface area (Å²) in [4.78, 5) is 16.7. The molecular formula is C10H10ClFN2O3S. The van der Waals surface area contributed by atoms with Gasteiger partial charge >= 0.3 is 10.2 Å². The molecule has 1 unspecified atom stereocenters. The van der Waals surface area contributed by atoms with E-state index in [4.69, 9.17) is 11.6 Å². The molecule has 1 aromatic heterocycles. The first kappa shape index (κ1) is 13.2. The van der Waals surface area contributed by atoms with E-state index < -0.39 is 21.4 Å². The highest BCUT2D eigenvalue weighted by Crippen LogP contribution is 2.27. The molecule has 0 radical (unpaired) electrons. The minimum atomic E-state index is -4.70. The van der Waals surface area contributed by atoms with Crippen LogP contribution in [0.25, 0.3) is 0 Å². The molecule has 1 saturated heterocycles. The van der Waals surface area contributed by atoms with Gasteiger partial charge in [0.1, 0.15) is 10.4 Å². The van der Waals surface area contributed by atoms with E-state index >= 15 is 0 Å². The quantitative estimate of drug-likeness (QED) is 0.611. The molecule has 2 heterocycles. The first-order valence-electron chi connectivity index (χ1n) is 5.15. The van der Waals surface area contributed by atoms with Crippen LogP contribution in [0.1, 0.15) is 12.0 Å². The highest BCUT2D eigenvalue weighted by Gasteiger charge is 2.39. The summed E-state index contributed by atoms with van der Waals surface area (Å²) in [5.41, 5.74) is 1.08. The number of aromatic nitrogens is 1. The minimum absolute atomic E-state index is 0.194. The van der Waals surface area contributed by atoms with Gasteiger partial charge in [-0.3, -0.25) is 4.79 Å². The number of carbonyl (C=O) groups is 1. The second kappa shape index (κ2) is 4.47. The summed E-state index contributed by atoms with van der Waals surface area (Å²) in [6.45, 7) is 1.52. The Kier molecular flexibility index (Phi) is 3.29. The zero-order valence-electron chi connectivity index (χ0n) is 9.43. The zero-order valence-corrected chi connectivity index (χ0v) is 11.0. The van der Waals surface area contributed by atoms with Crippen molar-refractivity contribution in [2.24, 2.45) is 0 Å². The van der Waals surface area contributed by atoms with Gasteiger partial charge in [0.05, 0.1) is 11.9 Å². The van der Waals surface area contributed by atoms with Crippen LogP contribution < -0.4 is 4.90 Å². The third kappa shape index (κ3) is 2.46. The van der Waals surface area contributed by atoms with Crippen molar-refractivity contribution in [1.82, 2.24) is 4.98 Å². The van der Waals surface area contributed by atoms with Crippen LogP contribution in [0.5, 0.6) is 0 Å². The summed E-state index contributed by atoms with van der Waals surface area (Å²) in [5.74, 6) is -0.440. The molecule has 0 saturated carbocycles. The van der Waals surface area contributed by atoms with Gasteiger partial charge in [0, 0.05) is 13.0 Å². The molecule has 8 heteroatoms. The Labute approximate surface area is 109 Å². The van der Waals surface area contributed by atoms with Gasteiger partial charge in [-0.25, -0.2) is 4.98 Å². The zero-order chi connectivity index (χ0) is 13.5. The highest BCUT2D eigenvalue weighted by molar-refractivity contribution is 7.87. The first-order chi connectivity index (χ1) is 8.29. The molecule has 0 spiro atoms. The van der Waals surface area contributed by atoms with Crippen LogP contribution in [0, 0.1) is 6.92 Å². The maximum Gasteiger partial charge on any atom is 0.307 e. The van der Waals surface area contributed by atoms with Crippen LogP contribution in [0.3, 0.4) is 0 Å². The largest absolute Gasteiger partial charge is 0.309 e. The fraction of sp³-hybridized carbons (Fsp3) is 0.400. The number of amides is 1. The van der Waals surface area contributed by atoms with Gasteiger partial charge in [-0.05, 0) is 18.6 Å². The molecule has 1 aliphatic heterocycles. The standard InChI is InChI=1S/C10H10ClFN2O3S/c1-6-2-7(4-13-10(6)11)14-5-8(3-9(14)15)18(12,16)17/h2,4,8H,3,5H2,1H3. The number of rotatable bonds is 2. The van der Waals surface area contributed by atoms with E-state index in [1.54, 1.807) is 13.0 Å². The Morgan fingerprint density at radius 2 is 2.22 bits per heavy atom. The second-order valence-corrected chi connectivity index (χ2v) is 6.08. The molecule has 1 fully saturated rings. The molecule has 2 rings (SSSR count). The molecule has 0 aliphatic carbocycles. The van der Waals surface area contributed by atoms with E-state index in [-0.39, 0.29) is 13.0 Å². The molecular weight excluding hydrogens is 283 g/mol. The van der Waals surface area contributed by atoms with Crippen molar-refractivity contribution in [2.75, 3.05) is 11.4 Å². The summed E-state index contributed by atoms with van der Waals surface area (Å²) in [5, 5.41) is -0.999. The lowest BCUT2D eigenvalue weighted by Gasteiger charge is -2.16. The van der Waals surface area contributed by atoms with Gasteiger partial charge in [-0.1, -0.05) is 11.6 Å². The molecule has 1 aliphatic rings. The van der Waals surface area contributed by atoms with Crippen molar-refractivity contribution in [2.45, 2.75) is 18.6 Å². The van der Waals surface area contributed by atoms with Crippen LogP contribution in [-0.4, -0.2) is 31.1 Å². The van der Waals surface area contributed by atoms with E-state index in [0.717, 1.165) is 0 Å². The molecule has 98 valence electrons. The number of nitrogens with zero attached hydrogens (tertiary/aromatic N) is 2. The van der Waals surface area contributed by atoms with Crippen LogP contribution in [0.15, 0.2) is 12.3 Å². The van der Waals surface area contributed by atoms with E-state index in [1.165, 1.54) is 11.1 Å². The molecule has 1 aromatic rings. The lowest BCUT2D eigenvalue weighted by Crippen LogP contribution is -2.27. The van der Waals surface area contributed by atoms with E-state index in [9.17, 15) is 17.1 Å². The van der Waals surface area contributed by atoms with Gasteiger partial charge in [-0.2, -0.15) is 8.42 Å². The maximum absolute atomic E-state index is 12.9. The SMILES string of the molecule is Cc1cc(N2CC(S(=O)(=O)F)CC2=O)cnc1Cl. The number of hydrogen-bond acceptors (Lipinski definition) is 4. The van der Waals surface area contributed by atoms with E-state index in [1.807, 2.05) is 0 Å². The van der Waals surface area contributed by atoms with E-state index in [2.05, 4.69) is 4.98 Å². The average Bonchev–Trinajstić information content (AvgIpc) is 2.64. The smallest absolute Gasteiger partial charge is 0.307 e. The Hall–Kier alpha value is -1.21. The van der Waals surface area contributed by atoms with Gasteiger partial charge in [-0.15, -0.1) is 3.89 Å². The fourth-order valence-corrected chi connectivity index (χ4v) is 2.58. The van der Waals surface area contributed by atoms with Crippen molar-refractivity contribution < 1.29 is 17.1 Å². The third-order valence-corrected chi connectivity index (χ3v) is 4.31. The lowest BCUT2D eigenvalue weighted by atomic mass is 10.3. The molecule has 0 N–H and O–H groups in total. The predicted octanol–water partition coefficient (Wildman–Crippen LogP) is 1.45. The van der Waals surface area contributed by atoms with Gasteiger partial charge in [0.25, 0.3) is 0 Å². The number of aryl methyl sites for hydroxylation is 1. The monoisotopic (exact) mass is 292 g/mol. The summed E-state index contributed by atoms with van der Waals surface area (Å²) in [7, 11) is -4.70. The van der Waals surface area contributed by atoms with Crippen molar-refractivity contribution in [1.29, 1.82) is 0 Å². The molecule has 1 amide bonds. The lowest BCUT2D eigenvalue weighted by molar-refractivity contribution is -0.117. The second-order valence-electron chi connectivity index (χ2n) is 4.11. The third-order valence-electron chi connectivity index (χ3n) is 2.80. The van der Waals surface area contributed by atoms with Crippen LogP contribution in [0.4, 0.5) is 9.57 Å². The molecule has 18 heavy (non-hydrogen) atoms. The Bertz CT molecular complexity index is 605. The van der Waals surface area contributed by atoms with Crippen molar-refractivity contribution in [3.63, 3.8) is 0 Å². The average molecular weight is 293 g/mol. The van der Waals surface area contributed by atoms with Crippen molar-refractivity contribution in [3.05, 3.63) is 23.0 Å². The van der Waals surface area contributed by atoms with Gasteiger partial charge in [0.2, 0.25) is 5.91 Å². The summed E-state index contributed by atoms with van der Waals surface area (Å²) in [6, 6.07) is 1.61. The number of pyridine rings is 1. The van der Waals surface area contributed by atoms with Crippen LogP contribution in [0.2, 0.25) is 5.15 Å². The van der Waals surface area contributed by atoms with Crippen LogP contribution in [-0.2, 0) is 15.0 Å². The minimum Gasteiger partial charge on any atom is -0.309 e. The summed E-state index contributed by atoms with van der Waals surface area (Å²) < 4.78 is 34.4. The Balaban J connectivity index is 2.30. The highest BCUT2D eigenvalue weighted by atomic mass is 35.5. The predicted molar refractivity (Wildman–Crippen MR) is 64.8 cm³/mol. The normalized spacial score (nSPS) is 20.5. The van der Waals surface area contributed by atoms with Crippen molar-refractivity contribution >= 4 is 33.4 Å². The number of anilines is 1. The fourth-order valence-electron chi connectivity index (χ4n) is 1.80. The topological polar surface area (TPSA) is 67.3 Å². The summed E-state index contributed by atoms with van der Waals surface area (Å²) >= 11 is 5.75. The molecule has 5 nitrogen and oxygen atoms in total. The van der Waals surface area contributed by atoms with E-state index in [0.29, 0.717) is 16.4 Å². The number of hydrogen-bond donors (Lipinski definition) is 0. The summed E-state index contributed by atoms with van der Waals surface area (Å²) in [6.07, 6.45) is 1.01. The molecule has 0 bridgehead atoms. The number of halogens is 2. The molecule has 0 aromatic carbocycles. The van der Waals surface area contributed by atoms with Crippen molar-refractivity contribution in [3.8, 4) is 0 Å². The Morgan fingerprint density at radius 3 is 2.72 bits per heavy atom.